The molecule has 2 N–H and O–H groups in total. The van der Waals surface area contributed by atoms with E-state index in [2.05, 4.69) is 10.3 Å². The Morgan fingerprint density at radius 3 is 2.55 bits per heavy atom. The monoisotopic (exact) mass is 455 g/mol. The maximum absolute atomic E-state index is 13.2. The van der Waals surface area contributed by atoms with Gasteiger partial charge in [-0.25, -0.2) is 4.39 Å². The number of anilines is 1. The van der Waals surface area contributed by atoms with Gasteiger partial charge in [0.2, 0.25) is 0 Å². The number of fused-ring (bicyclic) bond motifs is 1. The number of aromatic nitrogens is 2. The number of halogens is 2. The summed E-state index contributed by atoms with van der Waals surface area (Å²) in [6, 6.07) is 14.9. The van der Waals surface area contributed by atoms with Crippen LogP contribution in [0.4, 0.5) is 10.1 Å². The molecule has 0 saturated heterocycles. The Morgan fingerprint density at radius 1 is 1.13 bits per heavy atom. The van der Waals surface area contributed by atoms with Gasteiger partial charge < -0.3 is 15.0 Å². The molecule has 0 unspecified atom stereocenters. The van der Waals surface area contributed by atoms with E-state index in [1.54, 1.807) is 30.3 Å². The number of H-pyrrole nitrogens is 1. The van der Waals surface area contributed by atoms with Crippen molar-refractivity contribution < 1.29 is 13.9 Å². The number of aromatic amines is 1. The van der Waals surface area contributed by atoms with Crippen molar-refractivity contribution in [3.05, 3.63) is 92.2 Å². The minimum absolute atomic E-state index is 0.128. The molecule has 0 radical (unpaired) electrons. The van der Waals surface area contributed by atoms with Crippen LogP contribution in [-0.4, -0.2) is 22.6 Å². The Kier molecular flexibility index (Phi) is 5.58. The number of amides is 1. The van der Waals surface area contributed by atoms with E-state index in [1.807, 2.05) is 0 Å². The number of benzene rings is 3. The predicted octanol–water partition coefficient (Wildman–Crippen LogP) is 5.10. The third kappa shape index (κ3) is 4.08. The summed E-state index contributed by atoms with van der Waals surface area (Å²) >= 11 is 11.4. The Labute approximate surface area is 185 Å². The van der Waals surface area contributed by atoms with Crippen LogP contribution >= 0.6 is 23.8 Å². The predicted molar refractivity (Wildman–Crippen MR) is 121 cm³/mol. The quantitative estimate of drug-likeness (QED) is 0.420. The maximum atomic E-state index is 13.2. The highest BCUT2D eigenvalue weighted by Gasteiger charge is 2.12. The van der Waals surface area contributed by atoms with Crippen LogP contribution in [0.2, 0.25) is 5.02 Å². The lowest BCUT2D eigenvalue weighted by Crippen LogP contribution is -2.21. The van der Waals surface area contributed by atoms with E-state index in [4.69, 9.17) is 28.6 Å². The standard InChI is InChI=1S/C22H15ClFN3O3S/c1-30-19-9-5-14(11-17(19)23)25-20(28)12-2-8-16-18(10-12)26-22(31)27(21(16)29)15-6-3-13(24)4-7-15/h2-11H,1H3,(H,25,28)(H,26,31). The number of ether oxygens (including phenoxy) is 1. The molecule has 4 rings (SSSR count). The molecule has 1 aromatic heterocycles. The summed E-state index contributed by atoms with van der Waals surface area (Å²) in [7, 11) is 1.50. The van der Waals surface area contributed by atoms with Crippen molar-refractivity contribution in [3.63, 3.8) is 0 Å². The van der Waals surface area contributed by atoms with Crippen molar-refractivity contribution in [1.82, 2.24) is 9.55 Å². The summed E-state index contributed by atoms with van der Waals surface area (Å²) in [5.41, 5.74) is 1.29. The van der Waals surface area contributed by atoms with Crippen molar-refractivity contribution in [2.75, 3.05) is 12.4 Å². The van der Waals surface area contributed by atoms with Crippen molar-refractivity contribution >= 4 is 46.3 Å². The first-order chi connectivity index (χ1) is 14.9. The number of carbonyl (C=O) groups is 1. The molecule has 0 aliphatic rings. The number of nitrogens with one attached hydrogen (secondary N) is 2. The summed E-state index contributed by atoms with van der Waals surface area (Å²) in [5, 5.41) is 3.45. The molecule has 4 aromatic rings. The molecule has 9 heteroatoms. The highest BCUT2D eigenvalue weighted by atomic mass is 35.5. The molecular weight excluding hydrogens is 441 g/mol. The van der Waals surface area contributed by atoms with E-state index in [0.29, 0.717) is 38.6 Å². The molecule has 6 nitrogen and oxygen atoms in total. The highest BCUT2D eigenvalue weighted by Crippen LogP contribution is 2.27. The largest absolute Gasteiger partial charge is 0.495 e. The molecule has 0 fully saturated rings. The first-order valence-corrected chi connectivity index (χ1v) is 9.86. The van der Waals surface area contributed by atoms with Crippen LogP contribution < -0.4 is 15.6 Å². The number of rotatable bonds is 4. The minimum Gasteiger partial charge on any atom is -0.495 e. The Balaban J connectivity index is 1.70. The molecule has 0 bridgehead atoms. The second kappa shape index (κ2) is 8.33. The molecule has 3 aromatic carbocycles. The zero-order valence-corrected chi connectivity index (χ0v) is 17.7. The third-order valence-corrected chi connectivity index (χ3v) is 5.23. The molecule has 0 aliphatic heterocycles. The number of methoxy groups -OCH3 is 1. The third-order valence-electron chi connectivity index (χ3n) is 4.65. The van der Waals surface area contributed by atoms with Gasteiger partial charge in [0.15, 0.2) is 4.77 Å². The van der Waals surface area contributed by atoms with Gasteiger partial charge in [-0.2, -0.15) is 0 Å². The van der Waals surface area contributed by atoms with E-state index in [-0.39, 0.29) is 16.2 Å². The van der Waals surface area contributed by atoms with Crippen LogP contribution in [0.5, 0.6) is 5.75 Å². The van der Waals surface area contributed by atoms with Crippen LogP contribution in [0, 0.1) is 10.6 Å². The number of hydrogen-bond donors (Lipinski definition) is 2. The molecule has 156 valence electrons. The van der Waals surface area contributed by atoms with Crippen molar-refractivity contribution in [3.8, 4) is 11.4 Å². The normalized spacial score (nSPS) is 10.8. The topological polar surface area (TPSA) is 76.1 Å². The van der Waals surface area contributed by atoms with Crippen molar-refractivity contribution in [2.24, 2.45) is 0 Å². The van der Waals surface area contributed by atoms with Crippen LogP contribution in [0.25, 0.3) is 16.6 Å². The van der Waals surface area contributed by atoms with Crippen LogP contribution in [0.15, 0.2) is 65.5 Å². The second-order valence-electron chi connectivity index (χ2n) is 6.61. The molecule has 1 heterocycles. The van der Waals surface area contributed by atoms with Gasteiger partial charge in [0.1, 0.15) is 11.6 Å². The summed E-state index contributed by atoms with van der Waals surface area (Å²) in [4.78, 5) is 28.6. The van der Waals surface area contributed by atoms with E-state index in [9.17, 15) is 14.0 Å². The first kappa shape index (κ1) is 20.8. The molecule has 0 saturated carbocycles. The van der Waals surface area contributed by atoms with Crippen LogP contribution in [0.1, 0.15) is 10.4 Å². The summed E-state index contributed by atoms with van der Waals surface area (Å²) in [6.07, 6.45) is 0. The molecule has 31 heavy (non-hydrogen) atoms. The van der Waals surface area contributed by atoms with Gasteiger partial charge >= 0.3 is 0 Å². The minimum atomic E-state index is -0.415. The van der Waals surface area contributed by atoms with Gasteiger partial charge in [0.05, 0.1) is 28.7 Å². The van der Waals surface area contributed by atoms with Crippen molar-refractivity contribution in [1.29, 1.82) is 0 Å². The Hall–Kier alpha value is -3.49. The summed E-state index contributed by atoms with van der Waals surface area (Å²) in [5.74, 6) is -0.304. The van der Waals surface area contributed by atoms with Gasteiger partial charge in [-0.3, -0.25) is 14.2 Å². The van der Waals surface area contributed by atoms with Gasteiger partial charge in [-0.1, -0.05) is 11.6 Å². The van der Waals surface area contributed by atoms with Gasteiger partial charge in [-0.15, -0.1) is 0 Å². The lowest BCUT2D eigenvalue weighted by Gasteiger charge is -2.10. The molecular formula is C22H15ClFN3O3S. The maximum Gasteiger partial charge on any atom is 0.266 e. The van der Waals surface area contributed by atoms with E-state index in [0.717, 1.165) is 0 Å². The molecule has 0 atom stereocenters. The number of hydrogen-bond acceptors (Lipinski definition) is 4. The fourth-order valence-electron chi connectivity index (χ4n) is 3.13. The first-order valence-electron chi connectivity index (χ1n) is 9.07. The van der Waals surface area contributed by atoms with Gasteiger partial charge in [0, 0.05) is 11.3 Å². The van der Waals surface area contributed by atoms with Crippen LogP contribution in [-0.2, 0) is 0 Å². The van der Waals surface area contributed by atoms with Crippen LogP contribution in [0.3, 0.4) is 0 Å². The molecule has 0 aliphatic carbocycles. The van der Waals surface area contributed by atoms with Crippen molar-refractivity contribution in [2.45, 2.75) is 0 Å². The fourth-order valence-corrected chi connectivity index (χ4v) is 3.69. The lowest BCUT2D eigenvalue weighted by molar-refractivity contribution is 0.102. The fraction of sp³-hybridized carbons (Fsp3) is 0.0455. The lowest BCUT2D eigenvalue weighted by atomic mass is 10.1. The average Bonchev–Trinajstić information content (AvgIpc) is 2.75. The number of carbonyl (C=O) groups excluding carboxylic acids is 1. The average molecular weight is 456 g/mol. The molecule has 1 amide bonds. The zero-order valence-electron chi connectivity index (χ0n) is 16.1. The molecule has 0 spiro atoms. The van der Waals surface area contributed by atoms with E-state index < -0.39 is 5.82 Å². The Bertz CT molecular complexity index is 1430. The van der Waals surface area contributed by atoms with Gasteiger partial charge in [-0.05, 0) is 72.9 Å². The second-order valence-corrected chi connectivity index (χ2v) is 7.40. The van der Waals surface area contributed by atoms with E-state index in [1.165, 1.54) is 42.0 Å². The summed E-state index contributed by atoms with van der Waals surface area (Å²) < 4.78 is 19.7. The number of nitrogens with zero attached hydrogens (tertiary/aromatic N) is 1. The van der Waals surface area contributed by atoms with E-state index >= 15 is 0 Å². The highest BCUT2D eigenvalue weighted by molar-refractivity contribution is 7.71. The van der Waals surface area contributed by atoms with Gasteiger partial charge in [0.25, 0.3) is 11.5 Å². The summed E-state index contributed by atoms with van der Waals surface area (Å²) in [6.45, 7) is 0. The SMILES string of the molecule is COc1ccc(NC(=O)c2ccc3c(=O)n(-c4ccc(F)cc4)c(=S)[nH]c3c2)cc1Cl. The smallest absolute Gasteiger partial charge is 0.266 e. The Morgan fingerprint density at radius 2 is 1.87 bits per heavy atom. The zero-order chi connectivity index (χ0) is 22.1.